The predicted octanol–water partition coefficient (Wildman–Crippen LogP) is 4.34. The number of Topliss-reactive ketones (excluding diaryl/α,β-unsaturated/α-hetero) is 3. The molecule has 0 bridgehead atoms. The molecule has 6 nitrogen and oxygen atoms in total. The van der Waals surface area contributed by atoms with Gasteiger partial charge in [0.25, 0.3) is 0 Å². The molecule has 3 aliphatic heterocycles. The minimum absolute atomic E-state index is 0.315. The largest absolute Gasteiger partial charge is 0.325 e. The van der Waals surface area contributed by atoms with E-state index in [0.717, 1.165) is 4.47 Å². The van der Waals surface area contributed by atoms with Crippen molar-refractivity contribution in [3.8, 4) is 0 Å². The zero-order valence-electron chi connectivity index (χ0n) is 18.9. The molecule has 2 saturated heterocycles. The molecule has 2 fully saturated rings. The van der Waals surface area contributed by atoms with Crippen LogP contribution in [-0.4, -0.2) is 51.4 Å². The van der Waals surface area contributed by atoms with Gasteiger partial charge < -0.3 is 5.32 Å². The van der Waals surface area contributed by atoms with Crippen molar-refractivity contribution in [2.45, 2.75) is 17.0 Å². The second-order valence-electron chi connectivity index (χ2n) is 9.63. The van der Waals surface area contributed by atoms with E-state index >= 15 is 0 Å². The minimum atomic E-state index is -1.78. The van der Waals surface area contributed by atoms with Crippen LogP contribution in [0.5, 0.6) is 0 Å². The maximum atomic E-state index is 14.6. The van der Waals surface area contributed by atoms with Crippen LogP contribution >= 0.6 is 27.7 Å². The fraction of sp³-hybridized carbons (Fsp3) is 0.214. The van der Waals surface area contributed by atoms with Crippen molar-refractivity contribution >= 4 is 56.6 Å². The lowest BCUT2D eigenvalue weighted by atomic mass is 9.60. The van der Waals surface area contributed by atoms with E-state index in [9.17, 15) is 19.2 Å². The highest BCUT2D eigenvalue weighted by Gasteiger charge is 2.80. The molecule has 178 valence electrons. The molecule has 0 radical (unpaired) electrons. The Morgan fingerprint density at radius 1 is 0.917 bits per heavy atom. The summed E-state index contributed by atoms with van der Waals surface area (Å²) in [5.74, 6) is -1.77. The van der Waals surface area contributed by atoms with E-state index in [1.165, 1.54) is 0 Å². The summed E-state index contributed by atoms with van der Waals surface area (Å²) in [7, 11) is 0. The van der Waals surface area contributed by atoms with Crippen LogP contribution in [-0.2, 0) is 10.2 Å². The highest BCUT2D eigenvalue weighted by Crippen LogP contribution is 2.63. The summed E-state index contributed by atoms with van der Waals surface area (Å²) in [6.07, 6.45) is 0. The number of thioether (sulfide) groups is 1. The van der Waals surface area contributed by atoms with Crippen molar-refractivity contribution < 1.29 is 19.2 Å². The molecule has 7 rings (SSSR count). The van der Waals surface area contributed by atoms with E-state index in [2.05, 4.69) is 21.2 Å². The van der Waals surface area contributed by atoms with Crippen molar-refractivity contribution in [2.75, 3.05) is 16.9 Å². The molecule has 3 heterocycles. The smallest absolute Gasteiger partial charge is 0.237 e. The van der Waals surface area contributed by atoms with Crippen molar-refractivity contribution in [3.05, 3.63) is 99.5 Å². The Morgan fingerprint density at radius 2 is 1.56 bits per heavy atom. The Hall–Kier alpha value is -3.07. The molecule has 1 aliphatic carbocycles. The molecular weight excluding hydrogens is 540 g/mol. The normalized spacial score (nSPS) is 27.4. The van der Waals surface area contributed by atoms with E-state index in [1.54, 1.807) is 60.3 Å². The molecule has 1 unspecified atom stereocenters. The summed E-state index contributed by atoms with van der Waals surface area (Å²) >= 11 is 4.99. The first-order valence-electron chi connectivity index (χ1n) is 11.7. The van der Waals surface area contributed by atoms with Gasteiger partial charge in [-0.2, -0.15) is 0 Å². The second-order valence-corrected chi connectivity index (χ2v) is 11.5. The maximum absolute atomic E-state index is 14.6. The number of rotatable bonds is 2. The number of para-hydroxylation sites is 1. The molecule has 8 heteroatoms. The van der Waals surface area contributed by atoms with E-state index < -0.39 is 22.9 Å². The number of anilines is 1. The number of nitrogens with one attached hydrogen (secondary N) is 1. The number of nitrogens with zero attached hydrogens (tertiary/aromatic N) is 1. The van der Waals surface area contributed by atoms with Gasteiger partial charge in [-0.15, -0.1) is 11.8 Å². The Kier molecular flexibility index (Phi) is 4.60. The molecule has 3 atom stereocenters. The molecule has 0 saturated carbocycles. The minimum Gasteiger partial charge on any atom is -0.325 e. The molecule has 2 spiro atoms. The zero-order chi connectivity index (χ0) is 24.8. The van der Waals surface area contributed by atoms with Crippen LogP contribution in [0.25, 0.3) is 0 Å². The summed E-state index contributed by atoms with van der Waals surface area (Å²) < 4.78 is 0.802. The second kappa shape index (κ2) is 7.47. The predicted molar refractivity (Wildman–Crippen MR) is 139 cm³/mol. The van der Waals surface area contributed by atoms with Gasteiger partial charge in [-0.1, -0.05) is 70.5 Å². The van der Waals surface area contributed by atoms with Gasteiger partial charge in [-0.3, -0.25) is 24.1 Å². The number of carbonyl (C=O) groups is 4. The first kappa shape index (κ1) is 22.2. The van der Waals surface area contributed by atoms with Crippen molar-refractivity contribution in [1.82, 2.24) is 4.90 Å². The lowest BCUT2D eigenvalue weighted by Gasteiger charge is -2.37. The van der Waals surface area contributed by atoms with Gasteiger partial charge in [0.2, 0.25) is 5.91 Å². The third-order valence-electron chi connectivity index (χ3n) is 8.23. The SMILES string of the molecule is O=C(c1ccc(Br)cc1)[C@H]1C2(C(=O)c3ccccc3C2=O)N2CSCC2[C@@]12C(=O)Nc1ccccc12. The molecular formula is C28H19BrN2O4S. The average Bonchev–Trinajstić information content (AvgIpc) is 3.60. The van der Waals surface area contributed by atoms with Gasteiger partial charge >= 0.3 is 0 Å². The maximum Gasteiger partial charge on any atom is 0.237 e. The van der Waals surface area contributed by atoms with Crippen LogP contribution < -0.4 is 5.32 Å². The molecule has 0 aromatic heterocycles. The Bertz CT molecular complexity index is 1480. The molecule has 1 amide bonds. The lowest BCUT2D eigenvalue weighted by Crippen LogP contribution is -2.60. The first-order valence-corrected chi connectivity index (χ1v) is 13.6. The monoisotopic (exact) mass is 558 g/mol. The zero-order valence-corrected chi connectivity index (χ0v) is 21.3. The van der Waals surface area contributed by atoms with E-state index in [-0.39, 0.29) is 23.3 Å². The number of ketones is 3. The Balaban J connectivity index is 1.57. The van der Waals surface area contributed by atoms with Gasteiger partial charge in [0.05, 0.1) is 5.92 Å². The molecule has 3 aromatic rings. The van der Waals surface area contributed by atoms with Crippen molar-refractivity contribution in [2.24, 2.45) is 5.92 Å². The van der Waals surface area contributed by atoms with Crippen LogP contribution in [0.4, 0.5) is 5.69 Å². The van der Waals surface area contributed by atoms with Gasteiger partial charge in [-0.05, 0) is 23.8 Å². The Labute approximate surface area is 219 Å². The van der Waals surface area contributed by atoms with E-state index in [4.69, 9.17) is 0 Å². The third-order valence-corrected chi connectivity index (χ3v) is 9.77. The molecule has 36 heavy (non-hydrogen) atoms. The highest BCUT2D eigenvalue weighted by molar-refractivity contribution is 9.10. The number of amides is 1. The number of hydrogen-bond acceptors (Lipinski definition) is 6. The van der Waals surface area contributed by atoms with Crippen LogP contribution in [0, 0.1) is 5.92 Å². The molecule has 4 aliphatic rings. The molecule has 1 N–H and O–H groups in total. The van der Waals surface area contributed by atoms with Gasteiger partial charge in [0.15, 0.2) is 22.9 Å². The summed E-state index contributed by atoms with van der Waals surface area (Å²) in [5.41, 5.74) is -0.860. The number of benzene rings is 3. The van der Waals surface area contributed by atoms with Crippen LogP contribution in [0.15, 0.2) is 77.3 Å². The third kappa shape index (κ3) is 2.42. The quantitative estimate of drug-likeness (QED) is 0.372. The lowest BCUT2D eigenvalue weighted by molar-refractivity contribution is -0.122. The van der Waals surface area contributed by atoms with Crippen LogP contribution in [0.2, 0.25) is 0 Å². The topological polar surface area (TPSA) is 83.6 Å². The Morgan fingerprint density at radius 3 is 2.25 bits per heavy atom. The summed E-state index contributed by atoms with van der Waals surface area (Å²) in [4.78, 5) is 59.3. The van der Waals surface area contributed by atoms with E-state index in [0.29, 0.717) is 39.6 Å². The van der Waals surface area contributed by atoms with Gasteiger partial charge in [0, 0.05) is 44.5 Å². The van der Waals surface area contributed by atoms with Gasteiger partial charge in [0.1, 0.15) is 5.41 Å². The first-order chi connectivity index (χ1) is 17.4. The summed E-state index contributed by atoms with van der Waals surface area (Å²) in [5, 5.41) is 2.99. The number of carbonyl (C=O) groups excluding carboxylic acids is 4. The van der Waals surface area contributed by atoms with Crippen LogP contribution in [0.1, 0.15) is 36.6 Å². The molecule has 3 aromatic carbocycles. The fourth-order valence-corrected chi connectivity index (χ4v) is 8.48. The van der Waals surface area contributed by atoms with Crippen LogP contribution in [0.3, 0.4) is 0 Å². The standard InChI is InChI=1S/C28H19BrN2O4S/c29-16-11-9-15(10-12-16)22(32)23-27(19-7-3-4-8-20(19)30-26(27)35)21-13-36-14-31(21)28(23)24(33)17-5-1-2-6-18(17)25(28)34/h1-12,21,23H,13-14H2,(H,30,35)/t21?,23-,27-/m1/s1. The number of hydrogen-bond donors (Lipinski definition) is 1. The average molecular weight is 559 g/mol. The summed E-state index contributed by atoms with van der Waals surface area (Å²) in [6.45, 7) is 0. The van der Waals surface area contributed by atoms with E-state index in [1.807, 2.05) is 29.2 Å². The highest BCUT2D eigenvalue weighted by atomic mass is 79.9. The van der Waals surface area contributed by atoms with Crippen molar-refractivity contribution in [1.29, 1.82) is 0 Å². The fourth-order valence-electron chi connectivity index (χ4n) is 6.87. The number of fused-ring (bicyclic) bond motifs is 6. The number of halogens is 1. The van der Waals surface area contributed by atoms with Gasteiger partial charge in [-0.25, -0.2) is 0 Å². The van der Waals surface area contributed by atoms with Crippen molar-refractivity contribution in [3.63, 3.8) is 0 Å². The summed E-state index contributed by atoms with van der Waals surface area (Å²) in [6, 6.07) is 20.5.